The normalized spacial score (nSPS) is 11.9. The van der Waals surface area contributed by atoms with Crippen LogP contribution in [0.25, 0.3) is 0 Å². The average Bonchev–Trinajstić information content (AvgIpc) is 2.18. The lowest BCUT2D eigenvalue weighted by Crippen LogP contribution is -2.37. The van der Waals surface area contributed by atoms with Gasteiger partial charge in [-0.1, -0.05) is 12.1 Å². The summed E-state index contributed by atoms with van der Waals surface area (Å²) < 4.78 is 5.61. The summed E-state index contributed by atoms with van der Waals surface area (Å²) in [7, 11) is 0. The van der Waals surface area contributed by atoms with Gasteiger partial charge in [-0.05, 0) is 65.3 Å². The summed E-state index contributed by atoms with van der Waals surface area (Å²) in [6.07, 6.45) is 1.29. The fourth-order valence-corrected chi connectivity index (χ4v) is 1.59. The van der Waals surface area contributed by atoms with Crippen LogP contribution < -0.4 is 10.1 Å². The summed E-state index contributed by atoms with van der Waals surface area (Å²) in [6.45, 7) is 11.7. The van der Waals surface area contributed by atoms with Gasteiger partial charge >= 0.3 is 0 Å². The Morgan fingerprint density at radius 2 is 1.71 bits per heavy atom. The van der Waals surface area contributed by atoms with Gasteiger partial charge < -0.3 is 10.1 Å². The quantitative estimate of drug-likeness (QED) is 0.844. The SMILES string of the molecule is CC(C)Oc1ccc(CCNC(C)(C)C)cc1. The highest BCUT2D eigenvalue weighted by Gasteiger charge is 2.07. The van der Waals surface area contributed by atoms with E-state index in [0.717, 1.165) is 18.7 Å². The van der Waals surface area contributed by atoms with E-state index < -0.39 is 0 Å². The van der Waals surface area contributed by atoms with Crippen LogP contribution in [0.3, 0.4) is 0 Å². The van der Waals surface area contributed by atoms with Crippen molar-refractivity contribution in [2.45, 2.75) is 52.7 Å². The molecule has 0 aromatic heterocycles. The zero-order valence-electron chi connectivity index (χ0n) is 11.7. The van der Waals surface area contributed by atoms with Crippen molar-refractivity contribution in [2.24, 2.45) is 0 Å². The predicted molar refractivity (Wildman–Crippen MR) is 73.7 cm³/mol. The summed E-state index contributed by atoms with van der Waals surface area (Å²) in [5.41, 5.74) is 1.54. The first-order valence-electron chi connectivity index (χ1n) is 6.37. The van der Waals surface area contributed by atoms with Crippen molar-refractivity contribution in [3.63, 3.8) is 0 Å². The molecule has 17 heavy (non-hydrogen) atoms. The minimum Gasteiger partial charge on any atom is -0.491 e. The Hall–Kier alpha value is -1.02. The van der Waals surface area contributed by atoms with E-state index in [9.17, 15) is 0 Å². The Balaban J connectivity index is 2.40. The van der Waals surface area contributed by atoms with Crippen molar-refractivity contribution in [1.82, 2.24) is 5.32 Å². The molecule has 1 aromatic carbocycles. The lowest BCUT2D eigenvalue weighted by Gasteiger charge is -2.20. The van der Waals surface area contributed by atoms with E-state index in [1.54, 1.807) is 0 Å². The maximum absolute atomic E-state index is 5.61. The molecule has 1 rings (SSSR count). The number of hydrogen-bond donors (Lipinski definition) is 1. The number of nitrogens with one attached hydrogen (secondary N) is 1. The summed E-state index contributed by atoms with van der Waals surface area (Å²) in [5.74, 6) is 0.951. The van der Waals surface area contributed by atoms with Crippen LogP contribution in [-0.4, -0.2) is 18.2 Å². The lowest BCUT2D eigenvalue weighted by atomic mass is 10.1. The third-order valence-electron chi connectivity index (χ3n) is 2.36. The number of hydrogen-bond acceptors (Lipinski definition) is 2. The summed E-state index contributed by atoms with van der Waals surface area (Å²) in [6, 6.07) is 8.38. The summed E-state index contributed by atoms with van der Waals surface area (Å²) in [5, 5.41) is 3.49. The van der Waals surface area contributed by atoms with Crippen LogP contribution in [0.15, 0.2) is 24.3 Å². The Kier molecular flexibility index (Phi) is 5.01. The minimum absolute atomic E-state index is 0.195. The average molecular weight is 235 g/mol. The standard InChI is InChI=1S/C15H25NO/c1-12(2)17-14-8-6-13(7-9-14)10-11-16-15(3,4)5/h6-9,12,16H,10-11H2,1-5H3. The van der Waals surface area contributed by atoms with Gasteiger partial charge in [0.05, 0.1) is 6.10 Å². The smallest absolute Gasteiger partial charge is 0.119 e. The molecule has 0 aliphatic carbocycles. The van der Waals surface area contributed by atoms with Crippen LogP contribution >= 0.6 is 0 Å². The van der Waals surface area contributed by atoms with Crippen LogP contribution in [0.1, 0.15) is 40.2 Å². The Bertz CT molecular complexity index is 322. The fourth-order valence-electron chi connectivity index (χ4n) is 1.59. The molecule has 0 bridgehead atoms. The largest absolute Gasteiger partial charge is 0.491 e. The molecule has 0 aliphatic rings. The first kappa shape index (κ1) is 14.0. The lowest BCUT2D eigenvalue weighted by molar-refractivity contribution is 0.242. The molecule has 2 nitrogen and oxygen atoms in total. The van der Waals surface area contributed by atoms with Crippen molar-refractivity contribution in [3.8, 4) is 5.75 Å². The van der Waals surface area contributed by atoms with Crippen molar-refractivity contribution in [3.05, 3.63) is 29.8 Å². The van der Waals surface area contributed by atoms with E-state index in [0.29, 0.717) is 0 Å². The van der Waals surface area contributed by atoms with Crippen LogP contribution in [0.2, 0.25) is 0 Å². The molecule has 96 valence electrons. The van der Waals surface area contributed by atoms with E-state index in [1.165, 1.54) is 5.56 Å². The Morgan fingerprint density at radius 1 is 1.12 bits per heavy atom. The molecule has 0 unspecified atom stereocenters. The second-order valence-electron chi connectivity index (χ2n) is 5.74. The van der Waals surface area contributed by atoms with Gasteiger partial charge in [-0.25, -0.2) is 0 Å². The molecular formula is C15H25NO. The van der Waals surface area contributed by atoms with Crippen LogP contribution in [0.5, 0.6) is 5.75 Å². The molecule has 1 N–H and O–H groups in total. The van der Waals surface area contributed by atoms with Gasteiger partial charge in [0.25, 0.3) is 0 Å². The second kappa shape index (κ2) is 6.06. The van der Waals surface area contributed by atoms with Crippen LogP contribution in [-0.2, 0) is 6.42 Å². The molecule has 1 aromatic rings. The molecule has 0 aliphatic heterocycles. The highest BCUT2D eigenvalue weighted by Crippen LogP contribution is 2.14. The maximum Gasteiger partial charge on any atom is 0.119 e. The van der Waals surface area contributed by atoms with Crippen LogP contribution in [0, 0.1) is 0 Å². The minimum atomic E-state index is 0.195. The molecule has 0 heterocycles. The molecule has 0 saturated carbocycles. The molecule has 0 spiro atoms. The first-order valence-corrected chi connectivity index (χ1v) is 6.37. The van der Waals surface area contributed by atoms with Crippen LogP contribution in [0.4, 0.5) is 0 Å². The number of ether oxygens (including phenoxy) is 1. The van der Waals surface area contributed by atoms with E-state index >= 15 is 0 Å². The molecule has 2 heteroatoms. The first-order chi connectivity index (χ1) is 7.87. The molecular weight excluding hydrogens is 210 g/mol. The summed E-state index contributed by atoms with van der Waals surface area (Å²) in [4.78, 5) is 0. The van der Waals surface area contributed by atoms with E-state index in [4.69, 9.17) is 4.74 Å². The molecule has 0 amide bonds. The van der Waals surface area contributed by atoms with E-state index in [1.807, 2.05) is 26.0 Å². The van der Waals surface area contributed by atoms with Gasteiger partial charge in [-0.2, -0.15) is 0 Å². The molecule has 0 atom stereocenters. The predicted octanol–water partition coefficient (Wildman–Crippen LogP) is 3.40. The summed E-state index contributed by atoms with van der Waals surface area (Å²) >= 11 is 0. The topological polar surface area (TPSA) is 21.3 Å². The fraction of sp³-hybridized carbons (Fsp3) is 0.600. The van der Waals surface area contributed by atoms with Gasteiger partial charge in [0.2, 0.25) is 0 Å². The Morgan fingerprint density at radius 3 is 2.18 bits per heavy atom. The third-order valence-corrected chi connectivity index (χ3v) is 2.36. The van der Waals surface area contributed by atoms with Gasteiger partial charge in [0.1, 0.15) is 5.75 Å². The molecule has 0 fully saturated rings. The van der Waals surface area contributed by atoms with Gasteiger partial charge in [-0.15, -0.1) is 0 Å². The zero-order valence-corrected chi connectivity index (χ0v) is 11.7. The monoisotopic (exact) mass is 235 g/mol. The highest BCUT2D eigenvalue weighted by atomic mass is 16.5. The van der Waals surface area contributed by atoms with Gasteiger partial charge in [0.15, 0.2) is 0 Å². The van der Waals surface area contributed by atoms with E-state index in [-0.39, 0.29) is 11.6 Å². The van der Waals surface area contributed by atoms with Gasteiger partial charge in [0, 0.05) is 5.54 Å². The van der Waals surface area contributed by atoms with Crippen molar-refractivity contribution < 1.29 is 4.74 Å². The van der Waals surface area contributed by atoms with E-state index in [2.05, 4.69) is 38.2 Å². The number of rotatable bonds is 5. The van der Waals surface area contributed by atoms with Crippen molar-refractivity contribution in [1.29, 1.82) is 0 Å². The number of benzene rings is 1. The third kappa shape index (κ3) is 6.32. The van der Waals surface area contributed by atoms with Crippen molar-refractivity contribution in [2.75, 3.05) is 6.54 Å². The maximum atomic E-state index is 5.61. The molecule has 0 radical (unpaired) electrons. The highest BCUT2D eigenvalue weighted by molar-refractivity contribution is 5.27. The molecule has 0 saturated heterocycles. The zero-order chi connectivity index (χ0) is 12.9. The van der Waals surface area contributed by atoms with Gasteiger partial charge in [-0.3, -0.25) is 0 Å². The Labute approximate surface area is 105 Å². The van der Waals surface area contributed by atoms with Crippen molar-refractivity contribution >= 4 is 0 Å². The second-order valence-corrected chi connectivity index (χ2v) is 5.74.